The van der Waals surface area contributed by atoms with Gasteiger partial charge in [-0.15, -0.1) is 0 Å². The largest absolute Gasteiger partial charge is 0.496 e. The quantitative estimate of drug-likeness (QED) is 0.750. The molecule has 1 saturated heterocycles. The van der Waals surface area contributed by atoms with Crippen LogP contribution in [0.15, 0.2) is 18.2 Å². The Morgan fingerprint density at radius 1 is 1.50 bits per heavy atom. The average molecular weight is 213 g/mol. The van der Waals surface area contributed by atoms with E-state index in [-0.39, 0.29) is 6.10 Å². The third-order valence-electron chi connectivity index (χ3n) is 2.47. The highest BCUT2D eigenvalue weighted by Gasteiger charge is 2.21. The summed E-state index contributed by atoms with van der Waals surface area (Å²) in [5, 5.41) is 0.733. The first-order chi connectivity index (χ1) is 6.81. The highest BCUT2D eigenvalue weighted by atomic mass is 35.5. The Morgan fingerprint density at radius 2 is 2.36 bits per heavy atom. The van der Waals surface area contributed by atoms with Crippen LogP contribution < -0.4 is 4.74 Å². The summed E-state index contributed by atoms with van der Waals surface area (Å²) in [5.41, 5.74) is 1.07. The van der Waals surface area contributed by atoms with E-state index in [9.17, 15) is 0 Å². The van der Waals surface area contributed by atoms with Gasteiger partial charge < -0.3 is 9.47 Å². The Kier molecular flexibility index (Phi) is 2.94. The van der Waals surface area contributed by atoms with Crippen molar-refractivity contribution in [3.05, 3.63) is 28.8 Å². The van der Waals surface area contributed by atoms with E-state index < -0.39 is 0 Å². The molecule has 1 aliphatic rings. The monoisotopic (exact) mass is 212 g/mol. The van der Waals surface area contributed by atoms with Gasteiger partial charge in [-0.2, -0.15) is 0 Å². The van der Waals surface area contributed by atoms with Gasteiger partial charge in [-0.25, -0.2) is 0 Å². The van der Waals surface area contributed by atoms with Crippen LogP contribution in [0, 0.1) is 0 Å². The van der Waals surface area contributed by atoms with Gasteiger partial charge in [0.1, 0.15) is 5.75 Å². The molecule has 0 amide bonds. The van der Waals surface area contributed by atoms with E-state index in [1.165, 1.54) is 0 Å². The lowest BCUT2D eigenvalue weighted by Gasteiger charge is -2.14. The fourth-order valence-electron chi connectivity index (χ4n) is 1.78. The van der Waals surface area contributed by atoms with Crippen molar-refractivity contribution in [2.24, 2.45) is 0 Å². The average Bonchev–Trinajstić information content (AvgIpc) is 2.70. The Balaban J connectivity index is 2.33. The standard InChI is InChI=1S/C11H13ClO2/c1-13-10-5-4-8(12)7-9(10)11-3-2-6-14-11/h4-5,7,11H,2-3,6H2,1H3. The highest BCUT2D eigenvalue weighted by molar-refractivity contribution is 6.30. The number of halogens is 1. The normalized spacial score (nSPS) is 21.1. The second kappa shape index (κ2) is 4.20. The van der Waals surface area contributed by atoms with Crippen LogP contribution in [0.5, 0.6) is 5.75 Å². The molecule has 0 bridgehead atoms. The molecule has 0 aromatic heterocycles. The predicted octanol–water partition coefficient (Wildman–Crippen LogP) is 3.20. The minimum Gasteiger partial charge on any atom is -0.496 e. The van der Waals surface area contributed by atoms with Crippen molar-refractivity contribution in [1.29, 1.82) is 0 Å². The van der Waals surface area contributed by atoms with Gasteiger partial charge in [-0.1, -0.05) is 11.6 Å². The number of ether oxygens (including phenoxy) is 2. The number of hydrogen-bond donors (Lipinski definition) is 0. The summed E-state index contributed by atoms with van der Waals surface area (Å²) in [4.78, 5) is 0. The number of hydrogen-bond acceptors (Lipinski definition) is 2. The van der Waals surface area contributed by atoms with Gasteiger partial charge >= 0.3 is 0 Å². The summed E-state index contributed by atoms with van der Waals surface area (Å²) in [5.74, 6) is 0.862. The zero-order chi connectivity index (χ0) is 9.97. The first-order valence-electron chi connectivity index (χ1n) is 4.76. The molecule has 14 heavy (non-hydrogen) atoms. The molecule has 0 saturated carbocycles. The number of rotatable bonds is 2. The van der Waals surface area contributed by atoms with Gasteiger partial charge in [-0.05, 0) is 31.0 Å². The van der Waals surface area contributed by atoms with Crippen LogP contribution in [-0.2, 0) is 4.74 Å². The fourth-order valence-corrected chi connectivity index (χ4v) is 1.96. The van der Waals surface area contributed by atoms with Crippen LogP contribution in [0.4, 0.5) is 0 Å². The molecule has 1 atom stereocenters. The van der Waals surface area contributed by atoms with Crippen molar-refractivity contribution in [3.63, 3.8) is 0 Å². The molecule has 1 aromatic carbocycles. The van der Waals surface area contributed by atoms with Crippen molar-refractivity contribution in [3.8, 4) is 5.75 Å². The summed E-state index contributed by atoms with van der Waals surface area (Å²) in [7, 11) is 1.67. The maximum atomic E-state index is 5.94. The van der Waals surface area contributed by atoms with E-state index >= 15 is 0 Å². The minimum absolute atomic E-state index is 0.156. The van der Waals surface area contributed by atoms with Gasteiger partial charge in [-0.3, -0.25) is 0 Å². The molecule has 0 N–H and O–H groups in total. The van der Waals surface area contributed by atoms with E-state index in [4.69, 9.17) is 21.1 Å². The summed E-state index contributed by atoms with van der Waals surface area (Å²) >= 11 is 5.94. The molecule has 3 heteroatoms. The maximum absolute atomic E-state index is 5.94. The lowest BCUT2D eigenvalue weighted by atomic mass is 10.1. The molecule has 2 nitrogen and oxygen atoms in total. The second-order valence-corrected chi connectivity index (χ2v) is 3.82. The van der Waals surface area contributed by atoms with E-state index in [1.54, 1.807) is 7.11 Å². The van der Waals surface area contributed by atoms with E-state index in [1.807, 2.05) is 18.2 Å². The molecule has 1 aromatic rings. The second-order valence-electron chi connectivity index (χ2n) is 3.39. The van der Waals surface area contributed by atoms with Gasteiger partial charge in [0.15, 0.2) is 0 Å². The molecule has 1 fully saturated rings. The summed E-state index contributed by atoms with van der Waals surface area (Å²) in [6.45, 7) is 0.834. The molecular weight excluding hydrogens is 200 g/mol. The number of methoxy groups -OCH3 is 1. The molecule has 1 unspecified atom stereocenters. The molecule has 1 heterocycles. The van der Waals surface area contributed by atoms with E-state index in [0.717, 1.165) is 35.8 Å². The number of benzene rings is 1. The van der Waals surface area contributed by atoms with Crippen molar-refractivity contribution in [2.75, 3.05) is 13.7 Å². The zero-order valence-electron chi connectivity index (χ0n) is 8.13. The Morgan fingerprint density at radius 3 is 3.00 bits per heavy atom. The van der Waals surface area contributed by atoms with Crippen molar-refractivity contribution < 1.29 is 9.47 Å². The van der Waals surface area contributed by atoms with Gasteiger partial charge in [0.05, 0.1) is 13.2 Å². The van der Waals surface area contributed by atoms with Crippen molar-refractivity contribution in [2.45, 2.75) is 18.9 Å². The molecular formula is C11H13ClO2. The molecule has 76 valence electrons. The van der Waals surface area contributed by atoms with Crippen LogP contribution in [0.2, 0.25) is 5.02 Å². The van der Waals surface area contributed by atoms with Crippen LogP contribution >= 0.6 is 11.6 Å². The molecule has 0 spiro atoms. The Hall–Kier alpha value is -0.730. The molecule has 0 radical (unpaired) electrons. The molecule has 1 aliphatic heterocycles. The first kappa shape index (κ1) is 9.81. The van der Waals surface area contributed by atoms with Gasteiger partial charge in [0, 0.05) is 17.2 Å². The van der Waals surface area contributed by atoms with E-state index in [0.29, 0.717) is 0 Å². The van der Waals surface area contributed by atoms with Crippen LogP contribution in [0.1, 0.15) is 24.5 Å². The Labute approximate surface area is 88.8 Å². The van der Waals surface area contributed by atoms with E-state index in [2.05, 4.69) is 0 Å². The minimum atomic E-state index is 0.156. The predicted molar refractivity (Wildman–Crippen MR) is 55.9 cm³/mol. The third-order valence-corrected chi connectivity index (χ3v) is 2.70. The highest BCUT2D eigenvalue weighted by Crippen LogP contribution is 2.35. The Bertz CT molecular complexity index is 319. The first-order valence-corrected chi connectivity index (χ1v) is 5.14. The molecule has 2 rings (SSSR count). The topological polar surface area (TPSA) is 18.5 Å². The van der Waals surface area contributed by atoms with Crippen LogP contribution in [0.3, 0.4) is 0 Å². The fraction of sp³-hybridized carbons (Fsp3) is 0.455. The smallest absolute Gasteiger partial charge is 0.124 e. The lowest BCUT2D eigenvalue weighted by Crippen LogP contribution is -1.99. The summed E-state index contributed by atoms with van der Waals surface area (Å²) < 4.78 is 10.9. The SMILES string of the molecule is COc1ccc(Cl)cc1C1CCCO1. The van der Waals surface area contributed by atoms with Crippen molar-refractivity contribution >= 4 is 11.6 Å². The zero-order valence-corrected chi connectivity index (χ0v) is 8.88. The van der Waals surface area contributed by atoms with Crippen LogP contribution in [-0.4, -0.2) is 13.7 Å². The third kappa shape index (κ3) is 1.86. The van der Waals surface area contributed by atoms with Gasteiger partial charge in [0.2, 0.25) is 0 Å². The maximum Gasteiger partial charge on any atom is 0.124 e. The summed E-state index contributed by atoms with van der Waals surface area (Å²) in [6.07, 6.45) is 2.32. The molecule has 0 aliphatic carbocycles. The lowest BCUT2D eigenvalue weighted by molar-refractivity contribution is 0.109. The van der Waals surface area contributed by atoms with Crippen LogP contribution in [0.25, 0.3) is 0 Å². The summed E-state index contributed by atoms with van der Waals surface area (Å²) in [6, 6.07) is 5.65. The van der Waals surface area contributed by atoms with Gasteiger partial charge in [0.25, 0.3) is 0 Å². The van der Waals surface area contributed by atoms with Crippen molar-refractivity contribution in [1.82, 2.24) is 0 Å².